The van der Waals surface area contributed by atoms with Crippen molar-refractivity contribution < 1.29 is 13.9 Å². The molecule has 0 bridgehead atoms. The molecule has 4 heterocycles. The molecule has 2 aliphatic rings. The molecule has 1 atom stereocenters. The third-order valence-electron chi connectivity index (χ3n) is 7.51. The van der Waals surface area contributed by atoms with Crippen LogP contribution in [0.5, 0.6) is 0 Å². The van der Waals surface area contributed by atoms with Crippen LogP contribution in [-0.4, -0.2) is 61.5 Å². The third kappa shape index (κ3) is 5.49. The van der Waals surface area contributed by atoms with Crippen molar-refractivity contribution in [2.24, 2.45) is 4.99 Å². The molecule has 1 fully saturated rings. The van der Waals surface area contributed by atoms with Crippen LogP contribution in [0.2, 0.25) is 0 Å². The number of benzene rings is 2. The second-order valence-corrected chi connectivity index (χ2v) is 12.1. The number of anilines is 1. The molecule has 0 N–H and O–H groups in total. The minimum atomic E-state index is -0.703. The molecule has 2 aliphatic heterocycles. The number of ether oxygens (including phenoxy) is 1. The van der Waals surface area contributed by atoms with Crippen LogP contribution in [0.25, 0.3) is 11.8 Å². The van der Waals surface area contributed by atoms with E-state index in [0.717, 1.165) is 48.1 Å². The number of piperazine rings is 1. The molecule has 0 radical (unpaired) electrons. The Labute approximate surface area is 252 Å². The predicted molar refractivity (Wildman–Crippen MR) is 168 cm³/mol. The SMILES string of the molecule is CCOC(=O)C1=C(c2ccccc2)N=c2sc(=Cc3ccc(N4CCN(C)CC4)o3)c(=O)n2C1c1ccc(SC)cc1. The van der Waals surface area contributed by atoms with Gasteiger partial charge in [-0.25, -0.2) is 9.79 Å². The van der Waals surface area contributed by atoms with Crippen molar-refractivity contribution in [3.63, 3.8) is 0 Å². The van der Waals surface area contributed by atoms with Crippen molar-refractivity contribution in [2.75, 3.05) is 51.0 Å². The first-order valence-electron chi connectivity index (χ1n) is 13.9. The topological polar surface area (TPSA) is 80.3 Å². The fraction of sp³-hybridized carbons (Fsp3) is 0.281. The highest BCUT2D eigenvalue weighted by atomic mass is 32.2. The van der Waals surface area contributed by atoms with Gasteiger partial charge in [0.1, 0.15) is 5.76 Å². The zero-order valence-electron chi connectivity index (χ0n) is 23.8. The number of rotatable bonds is 7. The Morgan fingerprint density at radius 3 is 2.50 bits per heavy atom. The lowest BCUT2D eigenvalue weighted by Gasteiger charge is -2.32. The first-order valence-corrected chi connectivity index (χ1v) is 16.0. The number of carbonyl (C=O) groups excluding carboxylic acids is 1. The maximum Gasteiger partial charge on any atom is 0.338 e. The Kier molecular flexibility index (Phi) is 8.19. The fourth-order valence-corrected chi connectivity index (χ4v) is 6.68. The van der Waals surface area contributed by atoms with Gasteiger partial charge in [-0.1, -0.05) is 53.8 Å². The Hall–Kier alpha value is -3.86. The van der Waals surface area contributed by atoms with E-state index in [1.807, 2.05) is 73.0 Å². The summed E-state index contributed by atoms with van der Waals surface area (Å²) in [5, 5.41) is 0. The molecule has 10 heteroatoms. The molecule has 1 saturated heterocycles. The van der Waals surface area contributed by atoms with Crippen molar-refractivity contribution in [3.8, 4) is 0 Å². The fourth-order valence-electron chi connectivity index (χ4n) is 5.29. The maximum atomic E-state index is 14.1. The van der Waals surface area contributed by atoms with E-state index < -0.39 is 12.0 Å². The van der Waals surface area contributed by atoms with E-state index in [1.54, 1.807) is 29.3 Å². The Bertz CT molecular complexity index is 1800. The summed E-state index contributed by atoms with van der Waals surface area (Å²) >= 11 is 2.92. The standard InChI is InChI=1S/C32H32N4O4S2/c1-4-39-31(38)27-28(21-8-6-5-7-9-21)33-32-36(29(27)22-10-13-24(41-3)14-11-22)30(37)25(42-32)20-23-12-15-26(40-23)35-18-16-34(2)17-19-35/h5-15,20,29H,4,16-19H2,1-3H3. The molecule has 1 unspecified atom stereocenters. The predicted octanol–water partition coefficient (Wildman–Crippen LogP) is 4.00. The van der Waals surface area contributed by atoms with Gasteiger partial charge in [-0.05, 0) is 44.0 Å². The van der Waals surface area contributed by atoms with E-state index >= 15 is 0 Å². The summed E-state index contributed by atoms with van der Waals surface area (Å²) in [4.78, 5) is 38.7. The van der Waals surface area contributed by atoms with E-state index in [1.165, 1.54) is 11.3 Å². The van der Waals surface area contributed by atoms with Gasteiger partial charge in [-0.3, -0.25) is 9.36 Å². The van der Waals surface area contributed by atoms with E-state index in [-0.39, 0.29) is 12.2 Å². The zero-order chi connectivity index (χ0) is 29.2. The Morgan fingerprint density at radius 1 is 1.07 bits per heavy atom. The minimum Gasteiger partial charge on any atom is -0.463 e. The second-order valence-electron chi connectivity index (χ2n) is 10.2. The number of nitrogens with zero attached hydrogens (tertiary/aromatic N) is 4. The number of hydrogen-bond acceptors (Lipinski definition) is 9. The van der Waals surface area contributed by atoms with Crippen LogP contribution < -0.4 is 19.8 Å². The number of hydrogen-bond donors (Lipinski definition) is 0. The number of thioether (sulfide) groups is 1. The van der Waals surface area contributed by atoms with Gasteiger partial charge in [-0.15, -0.1) is 11.8 Å². The first-order chi connectivity index (χ1) is 20.5. The molecule has 8 nitrogen and oxygen atoms in total. The summed E-state index contributed by atoms with van der Waals surface area (Å²) in [6, 6.07) is 20.7. The van der Waals surface area contributed by atoms with E-state index in [2.05, 4.69) is 16.8 Å². The van der Waals surface area contributed by atoms with Gasteiger partial charge in [0.2, 0.25) is 0 Å². The number of thiazole rings is 1. The Morgan fingerprint density at radius 2 is 1.81 bits per heavy atom. The molecule has 0 spiro atoms. The number of furan rings is 1. The summed E-state index contributed by atoms with van der Waals surface area (Å²) < 4.78 is 13.8. The van der Waals surface area contributed by atoms with Crippen molar-refractivity contribution in [1.82, 2.24) is 9.47 Å². The largest absolute Gasteiger partial charge is 0.463 e. The third-order valence-corrected chi connectivity index (χ3v) is 9.23. The molecule has 0 aliphatic carbocycles. The summed E-state index contributed by atoms with van der Waals surface area (Å²) in [5.74, 6) is 0.906. The molecule has 2 aromatic heterocycles. The second kappa shape index (κ2) is 12.2. The van der Waals surface area contributed by atoms with Crippen molar-refractivity contribution >= 4 is 46.7 Å². The Balaban J connectivity index is 1.51. The van der Waals surface area contributed by atoms with Crippen LogP contribution in [0.3, 0.4) is 0 Å². The maximum absolute atomic E-state index is 14.1. The molecule has 2 aromatic carbocycles. The lowest BCUT2D eigenvalue weighted by atomic mass is 9.93. The van der Waals surface area contributed by atoms with Gasteiger partial charge in [0, 0.05) is 48.8 Å². The lowest BCUT2D eigenvalue weighted by molar-refractivity contribution is -0.138. The van der Waals surface area contributed by atoms with Crippen LogP contribution in [0.4, 0.5) is 5.88 Å². The van der Waals surface area contributed by atoms with E-state index in [4.69, 9.17) is 14.1 Å². The molecule has 0 saturated carbocycles. The quantitative estimate of drug-likeness (QED) is 0.234. The average Bonchev–Trinajstić information content (AvgIpc) is 3.61. The van der Waals surface area contributed by atoms with Gasteiger partial charge >= 0.3 is 5.97 Å². The number of likely N-dealkylation sites (N-methyl/N-ethyl adjacent to an activating group) is 1. The van der Waals surface area contributed by atoms with Crippen LogP contribution in [0.1, 0.15) is 29.9 Å². The molecular weight excluding hydrogens is 569 g/mol. The van der Waals surface area contributed by atoms with Crippen LogP contribution in [0.15, 0.2) is 91.4 Å². The first kappa shape index (κ1) is 28.3. The van der Waals surface area contributed by atoms with Crippen molar-refractivity contribution in [3.05, 3.63) is 109 Å². The minimum absolute atomic E-state index is 0.209. The monoisotopic (exact) mass is 600 g/mol. The number of aromatic nitrogens is 1. The van der Waals surface area contributed by atoms with Gasteiger partial charge < -0.3 is 19.0 Å². The zero-order valence-corrected chi connectivity index (χ0v) is 25.4. The highest BCUT2D eigenvalue weighted by molar-refractivity contribution is 7.98. The van der Waals surface area contributed by atoms with E-state index in [0.29, 0.717) is 26.4 Å². The number of fused-ring (bicyclic) bond motifs is 1. The molecule has 6 rings (SSSR count). The molecular formula is C32H32N4O4S2. The average molecular weight is 601 g/mol. The van der Waals surface area contributed by atoms with Gasteiger partial charge in [0.15, 0.2) is 10.7 Å². The summed E-state index contributed by atoms with van der Waals surface area (Å²) in [5.41, 5.74) is 2.21. The van der Waals surface area contributed by atoms with Gasteiger partial charge in [-0.2, -0.15) is 0 Å². The number of carbonyl (C=O) groups is 1. The van der Waals surface area contributed by atoms with Crippen LogP contribution >= 0.6 is 23.1 Å². The molecule has 4 aromatic rings. The smallest absolute Gasteiger partial charge is 0.338 e. The highest BCUT2D eigenvalue weighted by Gasteiger charge is 2.35. The molecule has 42 heavy (non-hydrogen) atoms. The molecule has 216 valence electrons. The van der Waals surface area contributed by atoms with Gasteiger partial charge in [0.25, 0.3) is 5.56 Å². The normalized spacial score (nSPS) is 17.7. The summed E-state index contributed by atoms with van der Waals surface area (Å²) in [6.07, 6.45) is 3.78. The molecule has 0 amide bonds. The summed E-state index contributed by atoms with van der Waals surface area (Å²) in [6.45, 7) is 5.71. The van der Waals surface area contributed by atoms with Crippen molar-refractivity contribution in [2.45, 2.75) is 17.9 Å². The summed E-state index contributed by atoms with van der Waals surface area (Å²) in [7, 11) is 2.12. The van der Waals surface area contributed by atoms with Crippen LogP contribution in [0, 0.1) is 0 Å². The van der Waals surface area contributed by atoms with Crippen molar-refractivity contribution in [1.29, 1.82) is 0 Å². The lowest BCUT2D eigenvalue weighted by Crippen LogP contribution is -2.44. The van der Waals surface area contributed by atoms with Gasteiger partial charge in [0.05, 0.1) is 28.5 Å². The van der Waals surface area contributed by atoms with E-state index in [9.17, 15) is 9.59 Å². The highest BCUT2D eigenvalue weighted by Crippen LogP contribution is 2.35. The van der Waals surface area contributed by atoms with Crippen LogP contribution in [-0.2, 0) is 9.53 Å². The number of esters is 1.